The summed E-state index contributed by atoms with van der Waals surface area (Å²) in [7, 11) is 0. The SMILES string of the molecule is OCCCCCCCC=CCc1ccccc1. The van der Waals surface area contributed by atoms with Gasteiger partial charge in [-0.3, -0.25) is 0 Å². The number of hydrogen-bond donors (Lipinski definition) is 1. The maximum absolute atomic E-state index is 8.64. The van der Waals surface area contributed by atoms with Gasteiger partial charge in [-0.25, -0.2) is 0 Å². The van der Waals surface area contributed by atoms with Gasteiger partial charge < -0.3 is 5.11 Å². The smallest absolute Gasteiger partial charge is 0.0431 e. The van der Waals surface area contributed by atoms with Gasteiger partial charge in [-0.05, 0) is 31.2 Å². The van der Waals surface area contributed by atoms with Crippen LogP contribution in [0.3, 0.4) is 0 Å². The number of aliphatic hydroxyl groups excluding tert-OH is 1. The molecule has 0 amide bonds. The van der Waals surface area contributed by atoms with E-state index in [1.54, 1.807) is 0 Å². The van der Waals surface area contributed by atoms with Crippen LogP contribution in [0.4, 0.5) is 0 Å². The standard InChI is InChI=1S/C16H24O/c17-15-11-6-4-2-1-3-5-8-12-16-13-9-7-10-14-16/h5,7-10,13-14,17H,1-4,6,11-12,15H2. The topological polar surface area (TPSA) is 20.2 Å². The molecular weight excluding hydrogens is 208 g/mol. The van der Waals surface area contributed by atoms with Gasteiger partial charge in [-0.1, -0.05) is 61.7 Å². The molecule has 0 fully saturated rings. The number of allylic oxidation sites excluding steroid dienone is 2. The Morgan fingerprint density at radius 1 is 0.824 bits per heavy atom. The van der Waals surface area contributed by atoms with Crippen LogP contribution in [-0.4, -0.2) is 11.7 Å². The highest BCUT2D eigenvalue weighted by molar-refractivity contribution is 5.17. The molecule has 0 aliphatic heterocycles. The molecule has 0 saturated heterocycles. The van der Waals surface area contributed by atoms with Gasteiger partial charge in [0.1, 0.15) is 0 Å². The van der Waals surface area contributed by atoms with Crippen LogP contribution in [0.5, 0.6) is 0 Å². The molecule has 1 aromatic carbocycles. The predicted octanol–water partition coefficient (Wildman–Crippen LogP) is 4.12. The fraction of sp³-hybridized carbons (Fsp3) is 0.500. The maximum atomic E-state index is 8.64. The molecule has 0 spiro atoms. The molecule has 94 valence electrons. The van der Waals surface area contributed by atoms with E-state index < -0.39 is 0 Å². The van der Waals surface area contributed by atoms with E-state index in [1.807, 2.05) is 0 Å². The summed E-state index contributed by atoms with van der Waals surface area (Å²) in [5, 5.41) is 8.64. The normalized spacial score (nSPS) is 11.1. The van der Waals surface area contributed by atoms with Crippen molar-refractivity contribution in [2.75, 3.05) is 6.61 Å². The zero-order chi connectivity index (χ0) is 12.2. The van der Waals surface area contributed by atoms with Gasteiger partial charge in [-0.2, -0.15) is 0 Å². The molecular formula is C16H24O. The lowest BCUT2D eigenvalue weighted by Gasteiger charge is -1.98. The first-order valence-corrected chi connectivity index (χ1v) is 6.73. The maximum Gasteiger partial charge on any atom is 0.0431 e. The Bertz CT molecular complexity index is 290. The van der Waals surface area contributed by atoms with Crippen LogP contribution in [0.2, 0.25) is 0 Å². The summed E-state index contributed by atoms with van der Waals surface area (Å²) in [5.74, 6) is 0. The summed E-state index contributed by atoms with van der Waals surface area (Å²) in [4.78, 5) is 0. The molecule has 0 radical (unpaired) electrons. The van der Waals surface area contributed by atoms with Crippen molar-refractivity contribution in [3.8, 4) is 0 Å². The zero-order valence-corrected chi connectivity index (χ0v) is 10.6. The molecule has 0 bridgehead atoms. The van der Waals surface area contributed by atoms with Crippen LogP contribution < -0.4 is 0 Å². The first kappa shape index (κ1) is 14.0. The first-order valence-electron chi connectivity index (χ1n) is 6.73. The van der Waals surface area contributed by atoms with E-state index in [1.165, 1.54) is 37.7 Å². The monoisotopic (exact) mass is 232 g/mol. The summed E-state index contributed by atoms with van der Waals surface area (Å²) >= 11 is 0. The van der Waals surface area contributed by atoms with Crippen LogP contribution in [0.25, 0.3) is 0 Å². The molecule has 17 heavy (non-hydrogen) atoms. The molecule has 0 aliphatic rings. The highest BCUT2D eigenvalue weighted by Gasteiger charge is 1.89. The number of unbranched alkanes of at least 4 members (excludes halogenated alkanes) is 5. The van der Waals surface area contributed by atoms with Crippen molar-refractivity contribution >= 4 is 0 Å². The molecule has 1 aromatic rings. The van der Waals surface area contributed by atoms with Crippen LogP contribution >= 0.6 is 0 Å². The Labute approximate surface area is 105 Å². The van der Waals surface area contributed by atoms with Crippen molar-refractivity contribution in [2.24, 2.45) is 0 Å². The third-order valence-electron chi connectivity index (χ3n) is 2.89. The molecule has 0 heterocycles. The zero-order valence-electron chi connectivity index (χ0n) is 10.6. The Morgan fingerprint density at radius 2 is 1.53 bits per heavy atom. The summed E-state index contributed by atoms with van der Waals surface area (Å²) < 4.78 is 0. The van der Waals surface area contributed by atoms with Gasteiger partial charge in [0, 0.05) is 6.61 Å². The fourth-order valence-corrected chi connectivity index (χ4v) is 1.86. The highest BCUT2D eigenvalue weighted by atomic mass is 16.2. The molecule has 0 unspecified atom stereocenters. The van der Waals surface area contributed by atoms with E-state index in [9.17, 15) is 0 Å². The number of rotatable bonds is 9. The highest BCUT2D eigenvalue weighted by Crippen LogP contribution is 2.06. The fourth-order valence-electron chi connectivity index (χ4n) is 1.86. The average Bonchev–Trinajstić information content (AvgIpc) is 2.38. The van der Waals surface area contributed by atoms with E-state index >= 15 is 0 Å². The summed E-state index contributed by atoms with van der Waals surface area (Å²) in [6.45, 7) is 0.344. The molecule has 1 rings (SSSR count). The van der Waals surface area contributed by atoms with Crippen molar-refractivity contribution in [3.05, 3.63) is 48.0 Å². The summed E-state index contributed by atoms with van der Waals surface area (Å²) in [5.41, 5.74) is 1.38. The van der Waals surface area contributed by atoms with Gasteiger partial charge in [0.25, 0.3) is 0 Å². The second-order valence-corrected chi connectivity index (χ2v) is 4.44. The van der Waals surface area contributed by atoms with Crippen molar-refractivity contribution in [2.45, 2.75) is 44.9 Å². The van der Waals surface area contributed by atoms with Crippen LogP contribution in [0.15, 0.2) is 42.5 Å². The van der Waals surface area contributed by atoms with Crippen molar-refractivity contribution < 1.29 is 5.11 Å². The van der Waals surface area contributed by atoms with E-state index in [0.29, 0.717) is 6.61 Å². The van der Waals surface area contributed by atoms with Crippen molar-refractivity contribution in [1.82, 2.24) is 0 Å². The minimum atomic E-state index is 0.344. The van der Waals surface area contributed by atoms with Crippen molar-refractivity contribution in [3.63, 3.8) is 0 Å². The largest absolute Gasteiger partial charge is 0.396 e. The van der Waals surface area contributed by atoms with Crippen molar-refractivity contribution in [1.29, 1.82) is 0 Å². The first-order chi connectivity index (χ1) is 8.43. The second kappa shape index (κ2) is 10.1. The molecule has 1 heteroatoms. The summed E-state index contributed by atoms with van der Waals surface area (Å²) in [6, 6.07) is 10.6. The molecule has 0 aliphatic carbocycles. The van der Waals surface area contributed by atoms with Gasteiger partial charge in [-0.15, -0.1) is 0 Å². The lowest BCUT2D eigenvalue weighted by Crippen LogP contribution is -1.83. The molecule has 0 aromatic heterocycles. The second-order valence-electron chi connectivity index (χ2n) is 4.44. The Balaban J connectivity index is 1.96. The lowest BCUT2D eigenvalue weighted by molar-refractivity contribution is 0.282. The summed E-state index contributed by atoms with van der Waals surface area (Å²) in [6.07, 6.45) is 12.7. The van der Waals surface area contributed by atoms with Gasteiger partial charge >= 0.3 is 0 Å². The number of aliphatic hydroxyl groups is 1. The van der Waals surface area contributed by atoms with E-state index in [-0.39, 0.29) is 0 Å². The molecule has 0 atom stereocenters. The predicted molar refractivity (Wildman–Crippen MR) is 74.1 cm³/mol. The van der Waals surface area contributed by atoms with Gasteiger partial charge in [0.15, 0.2) is 0 Å². The third kappa shape index (κ3) is 7.76. The van der Waals surface area contributed by atoms with Crippen LogP contribution in [-0.2, 0) is 6.42 Å². The van der Waals surface area contributed by atoms with Crippen LogP contribution in [0.1, 0.15) is 44.1 Å². The van der Waals surface area contributed by atoms with Gasteiger partial charge in [0.05, 0.1) is 0 Å². The minimum Gasteiger partial charge on any atom is -0.396 e. The molecule has 1 nitrogen and oxygen atoms in total. The Kier molecular flexibility index (Phi) is 8.31. The minimum absolute atomic E-state index is 0.344. The third-order valence-corrected chi connectivity index (χ3v) is 2.89. The average molecular weight is 232 g/mol. The number of benzene rings is 1. The molecule has 1 N–H and O–H groups in total. The van der Waals surface area contributed by atoms with E-state index in [0.717, 1.165) is 12.8 Å². The van der Waals surface area contributed by atoms with E-state index in [4.69, 9.17) is 5.11 Å². The van der Waals surface area contributed by atoms with E-state index in [2.05, 4.69) is 42.5 Å². The Hall–Kier alpha value is -1.08. The lowest BCUT2D eigenvalue weighted by atomic mass is 10.1. The Morgan fingerprint density at radius 3 is 2.29 bits per heavy atom. The van der Waals surface area contributed by atoms with Crippen LogP contribution in [0, 0.1) is 0 Å². The van der Waals surface area contributed by atoms with Gasteiger partial charge in [0.2, 0.25) is 0 Å². The quantitative estimate of drug-likeness (QED) is 0.501. The molecule has 0 saturated carbocycles. The number of hydrogen-bond acceptors (Lipinski definition) is 1.